The van der Waals surface area contributed by atoms with Gasteiger partial charge in [0.15, 0.2) is 11.5 Å². The van der Waals surface area contributed by atoms with Crippen LogP contribution in [0.3, 0.4) is 0 Å². The topological polar surface area (TPSA) is 84.9 Å². The summed E-state index contributed by atoms with van der Waals surface area (Å²) in [5.41, 5.74) is 2.48. The minimum atomic E-state index is -0.969. The molecule has 1 fully saturated rings. The molecule has 1 heterocycles. The van der Waals surface area contributed by atoms with E-state index in [1.807, 2.05) is 38.1 Å². The average molecular weight is 539 g/mol. The molecule has 1 aliphatic heterocycles. The summed E-state index contributed by atoms with van der Waals surface area (Å²) in [5, 5.41) is 1.60. The predicted molar refractivity (Wildman–Crippen MR) is 141 cm³/mol. The fourth-order valence-corrected chi connectivity index (χ4v) is 4.52. The van der Waals surface area contributed by atoms with E-state index in [0.29, 0.717) is 48.1 Å². The Kier molecular flexibility index (Phi) is 8.42. The first-order valence-electron chi connectivity index (χ1n) is 11.7. The van der Waals surface area contributed by atoms with Crippen LogP contribution in [0, 0.1) is 18.6 Å². The molecule has 196 valence electrons. The van der Waals surface area contributed by atoms with Crippen molar-refractivity contribution >= 4 is 40.6 Å². The van der Waals surface area contributed by atoms with E-state index in [1.165, 1.54) is 6.08 Å². The van der Waals surface area contributed by atoms with Crippen LogP contribution in [0.15, 0.2) is 65.6 Å². The van der Waals surface area contributed by atoms with Gasteiger partial charge in [0.25, 0.3) is 11.1 Å². The van der Waals surface area contributed by atoms with Crippen LogP contribution in [0.5, 0.6) is 11.5 Å². The third-order valence-electron chi connectivity index (χ3n) is 5.42. The highest BCUT2D eigenvalue weighted by Crippen LogP contribution is 2.35. The quantitative estimate of drug-likeness (QED) is 0.340. The van der Waals surface area contributed by atoms with Crippen molar-refractivity contribution in [2.24, 2.45) is 0 Å². The molecule has 3 aromatic carbocycles. The average Bonchev–Trinajstić information content (AvgIpc) is 3.13. The molecule has 10 heteroatoms. The molecule has 1 aliphatic rings. The van der Waals surface area contributed by atoms with Gasteiger partial charge in [-0.3, -0.25) is 19.3 Å². The van der Waals surface area contributed by atoms with Crippen molar-refractivity contribution in [3.63, 3.8) is 0 Å². The number of amides is 3. The Labute approximate surface area is 222 Å². The van der Waals surface area contributed by atoms with E-state index in [1.54, 1.807) is 18.2 Å². The fraction of sp³-hybridized carbons (Fsp3) is 0.179. The molecular weight excluding hydrogens is 514 g/mol. The molecule has 0 radical (unpaired) electrons. The number of aryl methyl sites for hydroxylation is 1. The van der Waals surface area contributed by atoms with E-state index < -0.39 is 35.2 Å². The number of imide groups is 1. The number of nitrogens with zero attached hydrogens (tertiary/aromatic N) is 1. The van der Waals surface area contributed by atoms with Gasteiger partial charge in [0.05, 0.1) is 17.2 Å². The molecule has 0 aromatic heterocycles. The van der Waals surface area contributed by atoms with Gasteiger partial charge in [0, 0.05) is 6.07 Å². The molecule has 7 nitrogen and oxygen atoms in total. The number of ether oxygens (including phenoxy) is 2. The van der Waals surface area contributed by atoms with Crippen LogP contribution in [0.2, 0.25) is 0 Å². The van der Waals surface area contributed by atoms with Gasteiger partial charge in [0.2, 0.25) is 5.91 Å². The lowest BCUT2D eigenvalue weighted by atomic mass is 10.1. The van der Waals surface area contributed by atoms with Crippen LogP contribution in [0.25, 0.3) is 6.08 Å². The van der Waals surface area contributed by atoms with Gasteiger partial charge in [-0.05, 0) is 67.1 Å². The first kappa shape index (κ1) is 26.9. The van der Waals surface area contributed by atoms with E-state index in [9.17, 15) is 23.2 Å². The Balaban J connectivity index is 1.45. The molecule has 1 saturated heterocycles. The highest BCUT2D eigenvalue weighted by atomic mass is 32.2. The number of hydrogen-bond donors (Lipinski definition) is 1. The maximum Gasteiger partial charge on any atom is 0.294 e. The molecule has 38 heavy (non-hydrogen) atoms. The zero-order valence-corrected chi connectivity index (χ0v) is 21.4. The normalized spacial score (nSPS) is 14.2. The second kappa shape index (κ2) is 11.9. The minimum absolute atomic E-state index is 0.117. The van der Waals surface area contributed by atoms with E-state index in [0.717, 1.165) is 28.2 Å². The summed E-state index contributed by atoms with van der Waals surface area (Å²) in [4.78, 5) is 38.5. The molecule has 3 aromatic rings. The molecule has 0 unspecified atom stereocenters. The van der Waals surface area contributed by atoms with Crippen LogP contribution in [-0.2, 0) is 16.2 Å². The van der Waals surface area contributed by atoms with Gasteiger partial charge in [-0.1, -0.05) is 35.9 Å². The number of nitrogens with one attached hydrogen (secondary N) is 1. The van der Waals surface area contributed by atoms with Crippen molar-refractivity contribution in [2.75, 3.05) is 18.5 Å². The Morgan fingerprint density at radius 1 is 1.03 bits per heavy atom. The monoisotopic (exact) mass is 538 g/mol. The second-order valence-corrected chi connectivity index (χ2v) is 9.35. The van der Waals surface area contributed by atoms with Crippen molar-refractivity contribution in [3.05, 3.63) is 93.9 Å². The Hall–Kier alpha value is -4.18. The Bertz CT molecular complexity index is 1430. The highest BCUT2D eigenvalue weighted by Gasteiger charge is 2.36. The molecule has 3 amide bonds. The smallest absolute Gasteiger partial charge is 0.294 e. The summed E-state index contributed by atoms with van der Waals surface area (Å²) >= 11 is 0.685. The molecule has 4 rings (SSSR count). The lowest BCUT2D eigenvalue weighted by Gasteiger charge is -2.13. The fourth-order valence-electron chi connectivity index (χ4n) is 3.68. The lowest BCUT2D eigenvalue weighted by Crippen LogP contribution is -2.36. The number of benzene rings is 3. The molecule has 0 spiro atoms. The van der Waals surface area contributed by atoms with E-state index in [4.69, 9.17) is 9.47 Å². The summed E-state index contributed by atoms with van der Waals surface area (Å²) < 4.78 is 38.6. The van der Waals surface area contributed by atoms with Gasteiger partial charge in [0.1, 0.15) is 24.8 Å². The van der Waals surface area contributed by atoms with Crippen LogP contribution in [0.1, 0.15) is 23.6 Å². The second-order valence-electron chi connectivity index (χ2n) is 8.36. The third-order valence-corrected chi connectivity index (χ3v) is 6.33. The number of hydrogen-bond acceptors (Lipinski definition) is 6. The molecule has 0 aliphatic carbocycles. The number of rotatable bonds is 9. The Morgan fingerprint density at radius 3 is 2.58 bits per heavy atom. The summed E-state index contributed by atoms with van der Waals surface area (Å²) in [6, 6.07) is 15.8. The molecule has 1 N–H and O–H groups in total. The zero-order valence-electron chi connectivity index (χ0n) is 20.6. The summed E-state index contributed by atoms with van der Waals surface area (Å²) in [7, 11) is 0. The van der Waals surface area contributed by atoms with Crippen molar-refractivity contribution in [3.8, 4) is 11.5 Å². The number of carbonyl (C=O) groups is 3. The number of carbonyl (C=O) groups excluding carboxylic acids is 3. The zero-order chi connectivity index (χ0) is 27.2. The third kappa shape index (κ3) is 6.57. The van der Waals surface area contributed by atoms with Crippen LogP contribution in [-0.4, -0.2) is 35.1 Å². The lowest BCUT2D eigenvalue weighted by molar-refractivity contribution is -0.127. The first-order valence-corrected chi connectivity index (χ1v) is 12.5. The maximum atomic E-state index is 13.8. The number of halogens is 2. The van der Waals surface area contributed by atoms with Gasteiger partial charge >= 0.3 is 0 Å². The van der Waals surface area contributed by atoms with E-state index in [-0.39, 0.29) is 10.6 Å². The minimum Gasteiger partial charge on any atom is -0.490 e. The van der Waals surface area contributed by atoms with Crippen molar-refractivity contribution in [2.45, 2.75) is 20.5 Å². The molecular formula is C28H24F2N2O5S. The van der Waals surface area contributed by atoms with Crippen molar-refractivity contribution in [1.29, 1.82) is 0 Å². The summed E-state index contributed by atoms with van der Waals surface area (Å²) in [6.07, 6.45) is 1.52. The number of thioether (sulfide) groups is 1. The molecule has 0 bridgehead atoms. The Morgan fingerprint density at radius 2 is 1.84 bits per heavy atom. The van der Waals surface area contributed by atoms with Crippen LogP contribution >= 0.6 is 11.8 Å². The van der Waals surface area contributed by atoms with Gasteiger partial charge in [-0.15, -0.1) is 0 Å². The standard InChI is InChI=1S/C28H24F2N2O5S/c1-3-36-24-12-18(7-10-23(24)37-16-19-6-4-5-17(2)11-19)13-25-27(34)32(28(35)38-25)15-26(33)31-22-9-8-20(29)14-21(22)30/h4-14H,3,15-16H2,1-2H3,(H,31,33)/b25-13-. The van der Waals surface area contributed by atoms with E-state index in [2.05, 4.69) is 5.32 Å². The summed E-state index contributed by atoms with van der Waals surface area (Å²) in [5.74, 6) is -2.21. The number of anilines is 1. The summed E-state index contributed by atoms with van der Waals surface area (Å²) in [6.45, 7) is 3.97. The predicted octanol–water partition coefficient (Wildman–Crippen LogP) is 5.93. The van der Waals surface area contributed by atoms with Crippen LogP contribution < -0.4 is 14.8 Å². The SMILES string of the molecule is CCOc1cc(/C=C2\SC(=O)N(CC(=O)Nc3ccc(F)cc3F)C2=O)ccc1OCc1cccc(C)c1. The van der Waals surface area contributed by atoms with E-state index >= 15 is 0 Å². The largest absolute Gasteiger partial charge is 0.490 e. The van der Waals surface area contributed by atoms with Gasteiger partial charge < -0.3 is 14.8 Å². The van der Waals surface area contributed by atoms with Gasteiger partial charge in [-0.2, -0.15) is 0 Å². The first-order chi connectivity index (χ1) is 18.2. The molecule has 0 saturated carbocycles. The molecule has 0 atom stereocenters. The van der Waals surface area contributed by atoms with Crippen molar-refractivity contribution in [1.82, 2.24) is 4.90 Å². The maximum absolute atomic E-state index is 13.8. The van der Waals surface area contributed by atoms with Crippen molar-refractivity contribution < 1.29 is 32.6 Å². The van der Waals surface area contributed by atoms with Crippen LogP contribution in [0.4, 0.5) is 19.3 Å². The highest BCUT2D eigenvalue weighted by molar-refractivity contribution is 8.18. The van der Waals surface area contributed by atoms with Gasteiger partial charge in [-0.25, -0.2) is 8.78 Å².